The molecule has 2 aliphatic heterocycles. The van der Waals surface area contributed by atoms with Crippen LogP contribution in [0.2, 0.25) is 0 Å². The van der Waals surface area contributed by atoms with Gasteiger partial charge in [0.2, 0.25) is 12.0 Å². The minimum atomic E-state index is -1.73. The SMILES string of the molecule is COc1cc2c(c(O)c1OC1OC(CO)C(O)C(O)C1O)C(=O)CC(c1ccc(O)cc1)O2. The lowest BCUT2D eigenvalue weighted by atomic mass is 9.95. The molecule has 2 aromatic carbocycles. The second kappa shape index (κ2) is 9.04. The lowest BCUT2D eigenvalue weighted by Gasteiger charge is -2.39. The Morgan fingerprint density at radius 1 is 1.06 bits per heavy atom. The van der Waals surface area contributed by atoms with E-state index in [-0.39, 0.29) is 35.0 Å². The van der Waals surface area contributed by atoms with Crippen molar-refractivity contribution in [3.8, 4) is 28.7 Å². The molecule has 4 rings (SSSR count). The van der Waals surface area contributed by atoms with Crippen molar-refractivity contribution >= 4 is 5.78 Å². The summed E-state index contributed by atoms with van der Waals surface area (Å²) in [5, 5.41) is 59.8. The smallest absolute Gasteiger partial charge is 0.229 e. The van der Waals surface area contributed by atoms with Crippen LogP contribution >= 0.6 is 0 Å². The molecule has 2 heterocycles. The number of ketones is 1. The summed E-state index contributed by atoms with van der Waals surface area (Å²) in [6.07, 6.45) is -8.59. The number of hydrogen-bond acceptors (Lipinski definition) is 11. The van der Waals surface area contributed by atoms with Gasteiger partial charge in [-0.1, -0.05) is 12.1 Å². The summed E-state index contributed by atoms with van der Waals surface area (Å²) >= 11 is 0. The van der Waals surface area contributed by atoms with E-state index in [9.17, 15) is 35.4 Å². The molecule has 11 heteroatoms. The van der Waals surface area contributed by atoms with E-state index in [1.54, 1.807) is 12.1 Å². The molecule has 178 valence electrons. The summed E-state index contributed by atoms with van der Waals surface area (Å²) in [5.74, 6) is -1.36. The molecule has 0 amide bonds. The third-order valence-corrected chi connectivity index (χ3v) is 5.67. The number of hydrogen-bond donors (Lipinski definition) is 6. The molecular weight excluding hydrogens is 440 g/mol. The Bertz CT molecular complexity index is 1020. The second-order valence-electron chi connectivity index (χ2n) is 7.77. The maximum absolute atomic E-state index is 12.9. The number of ether oxygens (including phenoxy) is 4. The number of fused-ring (bicyclic) bond motifs is 1. The lowest BCUT2D eigenvalue weighted by Crippen LogP contribution is -2.60. The standard InChI is InChI=1S/C22H24O11/c1-30-14-7-13-16(11(25)6-12(31-13)9-2-4-10(24)5-3-9)18(27)21(14)33-22-20(29)19(28)17(26)15(8-23)32-22/h2-5,7,12,15,17,19-20,22-24,26-29H,6,8H2,1H3. The van der Waals surface area contributed by atoms with Crippen LogP contribution in [-0.4, -0.2) is 80.8 Å². The van der Waals surface area contributed by atoms with Crippen LogP contribution in [0.3, 0.4) is 0 Å². The lowest BCUT2D eigenvalue weighted by molar-refractivity contribution is -0.277. The van der Waals surface area contributed by atoms with E-state index in [2.05, 4.69) is 0 Å². The molecule has 0 aliphatic carbocycles. The minimum Gasteiger partial charge on any atom is -0.508 e. The predicted molar refractivity (Wildman–Crippen MR) is 109 cm³/mol. The van der Waals surface area contributed by atoms with Gasteiger partial charge in [0.1, 0.15) is 47.6 Å². The number of benzene rings is 2. The van der Waals surface area contributed by atoms with E-state index >= 15 is 0 Å². The maximum atomic E-state index is 12.9. The van der Waals surface area contributed by atoms with Crippen LogP contribution < -0.4 is 14.2 Å². The molecule has 1 saturated heterocycles. The Kier molecular flexibility index (Phi) is 6.32. The van der Waals surface area contributed by atoms with Gasteiger partial charge in [-0.05, 0) is 17.7 Å². The number of carbonyl (C=O) groups is 1. The highest BCUT2D eigenvalue weighted by Gasteiger charge is 2.45. The summed E-state index contributed by atoms with van der Waals surface area (Å²) in [4.78, 5) is 12.9. The highest BCUT2D eigenvalue weighted by atomic mass is 16.7. The summed E-state index contributed by atoms with van der Waals surface area (Å²) < 4.78 is 22.0. The van der Waals surface area contributed by atoms with Crippen molar-refractivity contribution in [3.63, 3.8) is 0 Å². The van der Waals surface area contributed by atoms with Crippen LogP contribution in [0.4, 0.5) is 0 Å². The molecule has 1 fully saturated rings. The molecule has 6 unspecified atom stereocenters. The van der Waals surface area contributed by atoms with Gasteiger partial charge in [-0.3, -0.25) is 4.79 Å². The third kappa shape index (κ3) is 4.16. The van der Waals surface area contributed by atoms with Gasteiger partial charge in [0.25, 0.3) is 0 Å². The highest BCUT2D eigenvalue weighted by molar-refractivity contribution is 6.03. The van der Waals surface area contributed by atoms with E-state index in [0.29, 0.717) is 5.56 Å². The number of aromatic hydroxyl groups is 2. The van der Waals surface area contributed by atoms with Gasteiger partial charge >= 0.3 is 0 Å². The Morgan fingerprint density at radius 2 is 1.76 bits per heavy atom. The van der Waals surface area contributed by atoms with Crippen LogP contribution in [0.5, 0.6) is 28.7 Å². The monoisotopic (exact) mass is 464 g/mol. The van der Waals surface area contributed by atoms with Crippen molar-refractivity contribution < 1.29 is 54.4 Å². The Labute approximate surface area is 188 Å². The highest BCUT2D eigenvalue weighted by Crippen LogP contribution is 2.49. The largest absolute Gasteiger partial charge is 0.508 e. The first kappa shape index (κ1) is 23.1. The molecule has 0 radical (unpaired) electrons. The first-order valence-corrected chi connectivity index (χ1v) is 10.1. The molecule has 2 aromatic rings. The summed E-state index contributed by atoms with van der Waals surface area (Å²) in [6, 6.07) is 7.50. The van der Waals surface area contributed by atoms with E-state index < -0.39 is 54.9 Å². The van der Waals surface area contributed by atoms with Gasteiger partial charge < -0.3 is 49.6 Å². The Morgan fingerprint density at radius 3 is 2.39 bits per heavy atom. The third-order valence-electron chi connectivity index (χ3n) is 5.67. The maximum Gasteiger partial charge on any atom is 0.229 e. The molecule has 2 aliphatic rings. The minimum absolute atomic E-state index is 0.0415. The zero-order valence-corrected chi connectivity index (χ0v) is 17.5. The average molecular weight is 464 g/mol. The Balaban J connectivity index is 1.66. The van der Waals surface area contributed by atoms with E-state index in [0.717, 1.165) is 0 Å². The van der Waals surface area contributed by atoms with Gasteiger partial charge in [-0.2, -0.15) is 0 Å². The molecule has 11 nitrogen and oxygen atoms in total. The average Bonchev–Trinajstić information content (AvgIpc) is 2.80. The molecule has 0 aromatic heterocycles. The van der Waals surface area contributed by atoms with Gasteiger partial charge in [-0.15, -0.1) is 0 Å². The number of aliphatic hydroxyl groups excluding tert-OH is 4. The summed E-state index contributed by atoms with van der Waals surface area (Å²) in [5.41, 5.74) is 0.484. The number of rotatable bonds is 5. The van der Waals surface area contributed by atoms with E-state index in [1.807, 2.05) is 0 Å². The first-order chi connectivity index (χ1) is 15.7. The molecule has 6 atom stereocenters. The topological polar surface area (TPSA) is 175 Å². The van der Waals surface area contributed by atoms with Crippen LogP contribution in [0.1, 0.15) is 28.4 Å². The quantitative estimate of drug-likeness (QED) is 0.351. The number of Topliss-reactive ketones (excluding diaryl/α,β-unsaturated/α-hetero) is 1. The zero-order valence-electron chi connectivity index (χ0n) is 17.5. The Hall–Kier alpha value is -3.09. The van der Waals surface area contributed by atoms with Gasteiger partial charge in [0, 0.05) is 6.07 Å². The molecular formula is C22H24O11. The number of phenols is 2. The molecule has 0 bridgehead atoms. The molecule has 0 spiro atoms. The van der Waals surface area contributed by atoms with Crippen molar-refractivity contribution in [1.29, 1.82) is 0 Å². The van der Waals surface area contributed by atoms with Gasteiger partial charge in [0.05, 0.1) is 20.1 Å². The van der Waals surface area contributed by atoms with Gasteiger partial charge in [-0.25, -0.2) is 0 Å². The number of phenolic OH excluding ortho intramolecular Hbond substituents is 2. The van der Waals surface area contributed by atoms with Crippen molar-refractivity contribution in [3.05, 3.63) is 41.5 Å². The number of carbonyl (C=O) groups excluding carboxylic acids is 1. The second-order valence-corrected chi connectivity index (χ2v) is 7.77. The van der Waals surface area contributed by atoms with Gasteiger partial charge in [0.15, 0.2) is 17.3 Å². The predicted octanol–water partition coefficient (Wildman–Crippen LogP) is -0.00840. The number of aliphatic hydroxyl groups is 4. The normalized spacial score (nSPS) is 29.2. The number of methoxy groups -OCH3 is 1. The van der Waals surface area contributed by atoms with E-state index in [1.165, 1.54) is 25.3 Å². The summed E-state index contributed by atoms with van der Waals surface area (Å²) in [6.45, 7) is -0.664. The molecule has 33 heavy (non-hydrogen) atoms. The van der Waals surface area contributed by atoms with Crippen LogP contribution in [0, 0.1) is 0 Å². The van der Waals surface area contributed by atoms with Crippen molar-refractivity contribution in [2.24, 2.45) is 0 Å². The van der Waals surface area contributed by atoms with Crippen molar-refractivity contribution in [2.45, 2.75) is 43.2 Å². The summed E-state index contributed by atoms with van der Waals surface area (Å²) in [7, 11) is 1.28. The van der Waals surface area contributed by atoms with Crippen molar-refractivity contribution in [2.75, 3.05) is 13.7 Å². The van der Waals surface area contributed by atoms with E-state index in [4.69, 9.17) is 18.9 Å². The fourth-order valence-corrected chi connectivity index (χ4v) is 3.85. The van der Waals surface area contributed by atoms with Crippen LogP contribution in [0.25, 0.3) is 0 Å². The molecule has 6 N–H and O–H groups in total. The molecule has 0 saturated carbocycles. The fraction of sp³-hybridized carbons (Fsp3) is 0.409. The fourth-order valence-electron chi connectivity index (χ4n) is 3.85. The van der Waals surface area contributed by atoms with Crippen LogP contribution in [0.15, 0.2) is 30.3 Å². The van der Waals surface area contributed by atoms with Crippen molar-refractivity contribution in [1.82, 2.24) is 0 Å². The zero-order chi connectivity index (χ0) is 23.9. The first-order valence-electron chi connectivity index (χ1n) is 10.1. The van der Waals surface area contributed by atoms with Crippen LogP contribution in [-0.2, 0) is 4.74 Å².